The zero-order valence-corrected chi connectivity index (χ0v) is 12.0. The summed E-state index contributed by atoms with van der Waals surface area (Å²) >= 11 is 6.08. The summed E-state index contributed by atoms with van der Waals surface area (Å²) in [7, 11) is 0. The van der Waals surface area contributed by atoms with Crippen molar-refractivity contribution in [3.63, 3.8) is 0 Å². The highest BCUT2D eigenvalue weighted by atomic mass is 35.5. The van der Waals surface area contributed by atoms with Gasteiger partial charge in [-0.15, -0.1) is 0 Å². The van der Waals surface area contributed by atoms with Crippen LogP contribution in [-0.2, 0) is 4.74 Å². The van der Waals surface area contributed by atoms with Gasteiger partial charge in [-0.2, -0.15) is 0 Å². The first-order valence-corrected chi connectivity index (χ1v) is 6.76. The Morgan fingerprint density at radius 2 is 2.45 bits per heavy atom. The summed E-state index contributed by atoms with van der Waals surface area (Å²) in [4.78, 5) is 11.0. The third-order valence-electron chi connectivity index (χ3n) is 2.95. The van der Waals surface area contributed by atoms with Gasteiger partial charge in [0.25, 0.3) is 0 Å². The van der Waals surface area contributed by atoms with Crippen LogP contribution in [0.1, 0.15) is 5.56 Å². The van der Waals surface area contributed by atoms with Crippen LogP contribution in [0.3, 0.4) is 0 Å². The van der Waals surface area contributed by atoms with E-state index in [1.807, 2.05) is 6.92 Å². The fourth-order valence-corrected chi connectivity index (χ4v) is 2.08. The van der Waals surface area contributed by atoms with E-state index in [1.54, 1.807) is 12.1 Å². The number of anilines is 1. The van der Waals surface area contributed by atoms with Gasteiger partial charge in [0, 0.05) is 24.2 Å². The van der Waals surface area contributed by atoms with Crippen molar-refractivity contribution in [3.05, 3.63) is 22.7 Å². The second-order valence-electron chi connectivity index (χ2n) is 4.59. The largest absolute Gasteiger partial charge is 0.489 e. The molecular formula is C13H18ClN3O3. The van der Waals surface area contributed by atoms with Crippen molar-refractivity contribution in [1.82, 2.24) is 5.32 Å². The smallest absolute Gasteiger partial charge is 0.316 e. The van der Waals surface area contributed by atoms with Gasteiger partial charge in [-0.25, -0.2) is 4.79 Å². The van der Waals surface area contributed by atoms with Gasteiger partial charge in [-0.1, -0.05) is 11.6 Å². The molecule has 110 valence electrons. The monoisotopic (exact) mass is 299 g/mol. The van der Waals surface area contributed by atoms with Crippen LogP contribution < -0.4 is 21.1 Å². The molecule has 0 spiro atoms. The molecule has 0 aliphatic carbocycles. The van der Waals surface area contributed by atoms with Crippen LogP contribution >= 0.6 is 11.6 Å². The third kappa shape index (κ3) is 4.00. The van der Waals surface area contributed by atoms with Crippen molar-refractivity contribution in [2.75, 3.05) is 31.6 Å². The van der Waals surface area contributed by atoms with Crippen molar-refractivity contribution >= 4 is 23.3 Å². The molecule has 0 aromatic heterocycles. The fraction of sp³-hybridized carbons (Fsp3) is 0.462. The van der Waals surface area contributed by atoms with Gasteiger partial charge in [-0.3, -0.25) is 0 Å². The summed E-state index contributed by atoms with van der Waals surface area (Å²) < 4.78 is 11.2. The van der Waals surface area contributed by atoms with Crippen LogP contribution in [-0.4, -0.2) is 38.4 Å². The van der Waals surface area contributed by atoms with Crippen LogP contribution in [0.2, 0.25) is 5.02 Å². The lowest BCUT2D eigenvalue weighted by molar-refractivity contribution is 0.000351. The minimum Gasteiger partial charge on any atom is -0.489 e. The van der Waals surface area contributed by atoms with Gasteiger partial charge in [0.1, 0.15) is 18.5 Å². The zero-order valence-electron chi connectivity index (χ0n) is 11.2. The van der Waals surface area contributed by atoms with Crippen LogP contribution in [0.25, 0.3) is 0 Å². The summed E-state index contributed by atoms with van der Waals surface area (Å²) in [6.45, 7) is 4.46. The van der Waals surface area contributed by atoms with Crippen molar-refractivity contribution in [2.24, 2.45) is 5.73 Å². The minimum atomic E-state index is -0.646. The SMILES string of the molecule is Cc1cc(NC(N)=O)c(OCC2CNCCO2)cc1Cl. The second kappa shape index (κ2) is 6.78. The van der Waals surface area contributed by atoms with Gasteiger partial charge in [-0.05, 0) is 18.6 Å². The number of hydrogen-bond donors (Lipinski definition) is 3. The van der Waals surface area contributed by atoms with E-state index in [0.717, 1.165) is 18.7 Å². The normalized spacial score (nSPS) is 18.6. The number of halogens is 1. The Hall–Kier alpha value is -1.50. The Morgan fingerprint density at radius 1 is 1.65 bits per heavy atom. The molecule has 1 fully saturated rings. The first kappa shape index (κ1) is 14.9. The number of urea groups is 1. The highest BCUT2D eigenvalue weighted by Crippen LogP contribution is 2.31. The molecular weight excluding hydrogens is 282 g/mol. The molecule has 0 radical (unpaired) electrons. The number of benzene rings is 1. The molecule has 2 rings (SSSR count). The Balaban J connectivity index is 2.07. The Morgan fingerprint density at radius 3 is 3.10 bits per heavy atom. The van der Waals surface area contributed by atoms with E-state index >= 15 is 0 Å². The molecule has 1 aromatic rings. The molecule has 0 bridgehead atoms. The topological polar surface area (TPSA) is 85.6 Å². The van der Waals surface area contributed by atoms with Crippen molar-refractivity contribution < 1.29 is 14.3 Å². The number of nitrogens with two attached hydrogens (primary N) is 1. The number of ether oxygens (including phenoxy) is 2. The molecule has 7 heteroatoms. The molecule has 4 N–H and O–H groups in total. The molecule has 0 saturated carbocycles. The number of primary amides is 1. The molecule has 1 aromatic carbocycles. The predicted molar refractivity (Wildman–Crippen MR) is 77.5 cm³/mol. The van der Waals surface area contributed by atoms with E-state index in [4.69, 9.17) is 26.8 Å². The van der Waals surface area contributed by atoms with Crippen LogP contribution in [0, 0.1) is 6.92 Å². The average molecular weight is 300 g/mol. The second-order valence-corrected chi connectivity index (χ2v) is 5.00. The van der Waals surface area contributed by atoms with E-state index in [1.165, 1.54) is 0 Å². The summed E-state index contributed by atoms with van der Waals surface area (Å²) in [6, 6.07) is 2.74. The Kier molecular flexibility index (Phi) is 5.05. The average Bonchev–Trinajstić information content (AvgIpc) is 2.42. The number of carbonyl (C=O) groups excluding carboxylic acids is 1. The van der Waals surface area contributed by atoms with E-state index < -0.39 is 6.03 Å². The fourth-order valence-electron chi connectivity index (χ4n) is 1.92. The third-order valence-corrected chi connectivity index (χ3v) is 3.36. The van der Waals surface area contributed by atoms with E-state index in [9.17, 15) is 4.79 Å². The number of hydrogen-bond acceptors (Lipinski definition) is 4. The standard InChI is InChI=1S/C13H18ClN3O3/c1-8-4-11(17-13(15)18)12(5-10(8)14)20-7-9-6-16-2-3-19-9/h4-5,9,16H,2-3,6-7H2,1H3,(H3,15,17,18). The molecule has 1 aliphatic heterocycles. The first-order chi connectivity index (χ1) is 9.56. The lowest BCUT2D eigenvalue weighted by Gasteiger charge is -2.24. The van der Waals surface area contributed by atoms with Gasteiger partial charge in [0.2, 0.25) is 0 Å². The molecule has 1 heterocycles. The Bertz CT molecular complexity index is 490. The summed E-state index contributed by atoms with van der Waals surface area (Å²) in [5, 5.41) is 6.31. The van der Waals surface area contributed by atoms with Crippen molar-refractivity contribution in [3.8, 4) is 5.75 Å². The molecule has 1 saturated heterocycles. The lowest BCUT2D eigenvalue weighted by atomic mass is 10.2. The molecule has 1 atom stereocenters. The number of aryl methyl sites for hydroxylation is 1. The van der Waals surface area contributed by atoms with E-state index in [2.05, 4.69) is 10.6 Å². The zero-order chi connectivity index (χ0) is 14.5. The molecule has 20 heavy (non-hydrogen) atoms. The van der Waals surface area contributed by atoms with Gasteiger partial charge in [0.15, 0.2) is 0 Å². The van der Waals surface area contributed by atoms with Crippen LogP contribution in [0.5, 0.6) is 5.75 Å². The molecule has 6 nitrogen and oxygen atoms in total. The quantitative estimate of drug-likeness (QED) is 0.786. The molecule has 1 aliphatic rings. The van der Waals surface area contributed by atoms with Gasteiger partial charge in [0.05, 0.1) is 12.3 Å². The van der Waals surface area contributed by atoms with Gasteiger partial charge < -0.3 is 25.8 Å². The van der Waals surface area contributed by atoms with Crippen LogP contribution in [0.15, 0.2) is 12.1 Å². The lowest BCUT2D eigenvalue weighted by Crippen LogP contribution is -2.41. The number of carbonyl (C=O) groups is 1. The molecule has 2 amide bonds. The van der Waals surface area contributed by atoms with Crippen molar-refractivity contribution in [2.45, 2.75) is 13.0 Å². The number of rotatable bonds is 4. The number of nitrogens with one attached hydrogen (secondary N) is 2. The summed E-state index contributed by atoms with van der Waals surface area (Å²) in [6.07, 6.45) is -0.0229. The maximum absolute atomic E-state index is 11.0. The predicted octanol–water partition coefficient (Wildman–Crippen LogP) is 1.51. The molecule has 1 unspecified atom stereocenters. The number of morpholine rings is 1. The summed E-state index contributed by atoms with van der Waals surface area (Å²) in [5.41, 5.74) is 6.48. The Labute approximate surface area is 122 Å². The highest BCUT2D eigenvalue weighted by Gasteiger charge is 2.16. The van der Waals surface area contributed by atoms with Crippen LogP contribution in [0.4, 0.5) is 10.5 Å². The van der Waals surface area contributed by atoms with Gasteiger partial charge >= 0.3 is 6.03 Å². The minimum absolute atomic E-state index is 0.0229. The summed E-state index contributed by atoms with van der Waals surface area (Å²) in [5.74, 6) is 0.480. The van der Waals surface area contributed by atoms with E-state index in [0.29, 0.717) is 29.7 Å². The number of amides is 2. The maximum atomic E-state index is 11.0. The van der Waals surface area contributed by atoms with Crippen molar-refractivity contribution in [1.29, 1.82) is 0 Å². The van der Waals surface area contributed by atoms with E-state index in [-0.39, 0.29) is 6.10 Å². The maximum Gasteiger partial charge on any atom is 0.316 e. The highest BCUT2D eigenvalue weighted by molar-refractivity contribution is 6.31. The first-order valence-electron chi connectivity index (χ1n) is 6.38.